The molecule has 26 heavy (non-hydrogen) atoms. The van der Waals surface area contributed by atoms with Crippen LogP contribution < -0.4 is 10.1 Å². The van der Waals surface area contributed by atoms with Gasteiger partial charge in [0, 0.05) is 31.5 Å². The predicted molar refractivity (Wildman–Crippen MR) is 101 cm³/mol. The van der Waals surface area contributed by atoms with Crippen molar-refractivity contribution in [2.24, 2.45) is 7.05 Å². The van der Waals surface area contributed by atoms with Gasteiger partial charge in [-0.05, 0) is 25.0 Å². The second kappa shape index (κ2) is 7.95. The van der Waals surface area contributed by atoms with E-state index in [1.807, 2.05) is 31.3 Å². The SMILES string of the molecule is CCc1cc(NCc2c(CC)nn(C)c2OC)nc(-c2ccccn2)n1. The standard InChI is InChI=1S/C19H24N6O/c1-5-13-11-17(23-18(22-13)16-9-7-8-10-20-16)21-12-14-15(6-2)24-25(3)19(14)26-4/h7-11H,5-6,12H2,1-4H3,(H,21,22,23). The second-order valence-electron chi connectivity index (χ2n) is 5.90. The van der Waals surface area contributed by atoms with E-state index in [-0.39, 0.29) is 0 Å². The largest absolute Gasteiger partial charge is 0.481 e. The molecule has 0 aromatic carbocycles. The van der Waals surface area contributed by atoms with Gasteiger partial charge in [0.25, 0.3) is 0 Å². The van der Waals surface area contributed by atoms with Crippen LogP contribution in [-0.2, 0) is 26.4 Å². The van der Waals surface area contributed by atoms with E-state index in [0.717, 1.165) is 47.2 Å². The lowest BCUT2D eigenvalue weighted by molar-refractivity contribution is 0.369. The lowest BCUT2D eigenvalue weighted by atomic mass is 10.2. The van der Waals surface area contributed by atoms with Crippen molar-refractivity contribution in [3.8, 4) is 17.4 Å². The number of anilines is 1. The molecule has 1 N–H and O–H groups in total. The zero-order valence-electron chi connectivity index (χ0n) is 15.7. The van der Waals surface area contributed by atoms with Crippen molar-refractivity contribution in [1.82, 2.24) is 24.7 Å². The Morgan fingerprint density at radius 2 is 2.00 bits per heavy atom. The number of pyridine rings is 1. The van der Waals surface area contributed by atoms with Gasteiger partial charge in [-0.2, -0.15) is 5.10 Å². The van der Waals surface area contributed by atoms with Crippen LogP contribution >= 0.6 is 0 Å². The highest BCUT2D eigenvalue weighted by atomic mass is 16.5. The second-order valence-corrected chi connectivity index (χ2v) is 5.90. The molecular formula is C19H24N6O. The predicted octanol–water partition coefficient (Wildman–Crippen LogP) is 3.02. The van der Waals surface area contributed by atoms with Crippen LogP contribution in [0.1, 0.15) is 30.8 Å². The van der Waals surface area contributed by atoms with Crippen LogP contribution in [-0.4, -0.2) is 31.8 Å². The zero-order chi connectivity index (χ0) is 18.5. The Kier molecular flexibility index (Phi) is 5.46. The first-order chi connectivity index (χ1) is 12.7. The van der Waals surface area contributed by atoms with Gasteiger partial charge in [-0.1, -0.05) is 19.9 Å². The van der Waals surface area contributed by atoms with Crippen LogP contribution in [0.2, 0.25) is 0 Å². The Labute approximate surface area is 153 Å². The van der Waals surface area contributed by atoms with Gasteiger partial charge in [0.05, 0.1) is 18.4 Å². The first-order valence-electron chi connectivity index (χ1n) is 8.78. The van der Waals surface area contributed by atoms with E-state index < -0.39 is 0 Å². The molecule has 3 rings (SSSR count). The van der Waals surface area contributed by atoms with E-state index >= 15 is 0 Å². The van der Waals surface area contributed by atoms with E-state index in [2.05, 4.69) is 39.2 Å². The molecule has 3 aromatic heterocycles. The summed E-state index contributed by atoms with van der Waals surface area (Å²) < 4.78 is 7.27. The summed E-state index contributed by atoms with van der Waals surface area (Å²) in [6.45, 7) is 4.75. The Morgan fingerprint density at radius 1 is 1.15 bits per heavy atom. The summed E-state index contributed by atoms with van der Waals surface area (Å²) in [7, 11) is 3.56. The van der Waals surface area contributed by atoms with Gasteiger partial charge in [0.2, 0.25) is 5.88 Å². The van der Waals surface area contributed by atoms with Crippen molar-refractivity contribution in [3.05, 3.63) is 47.4 Å². The molecule has 136 valence electrons. The summed E-state index contributed by atoms with van der Waals surface area (Å²) in [6, 6.07) is 7.71. The number of methoxy groups -OCH3 is 1. The van der Waals surface area contributed by atoms with Crippen LogP contribution in [0.15, 0.2) is 30.5 Å². The lowest BCUT2D eigenvalue weighted by Gasteiger charge is -2.10. The van der Waals surface area contributed by atoms with Crippen LogP contribution in [0.25, 0.3) is 11.5 Å². The highest BCUT2D eigenvalue weighted by Gasteiger charge is 2.16. The van der Waals surface area contributed by atoms with Crippen molar-refractivity contribution in [3.63, 3.8) is 0 Å². The molecule has 0 aliphatic rings. The summed E-state index contributed by atoms with van der Waals surface area (Å²) in [5, 5.41) is 7.92. The topological polar surface area (TPSA) is 77.8 Å². The van der Waals surface area contributed by atoms with E-state index in [9.17, 15) is 0 Å². The fourth-order valence-electron chi connectivity index (χ4n) is 2.88. The average Bonchev–Trinajstić information content (AvgIpc) is 3.01. The molecule has 3 heterocycles. The summed E-state index contributed by atoms with van der Waals surface area (Å²) in [5.41, 5.74) is 3.80. The van der Waals surface area contributed by atoms with Crippen LogP contribution in [0.3, 0.4) is 0 Å². The molecule has 0 saturated heterocycles. The Hall–Kier alpha value is -2.96. The van der Waals surface area contributed by atoms with Gasteiger partial charge in [-0.3, -0.25) is 4.98 Å². The maximum atomic E-state index is 5.50. The lowest BCUT2D eigenvalue weighted by Crippen LogP contribution is -2.07. The van der Waals surface area contributed by atoms with Crippen LogP contribution in [0.4, 0.5) is 5.82 Å². The monoisotopic (exact) mass is 352 g/mol. The number of nitrogens with one attached hydrogen (secondary N) is 1. The minimum atomic E-state index is 0.585. The molecule has 7 nitrogen and oxygen atoms in total. The number of ether oxygens (including phenoxy) is 1. The third-order valence-electron chi connectivity index (χ3n) is 4.18. The van der Waals surface area contributed by atoms with Crippen LogP contribution in [0, 0.1) is 0 Å². The molecule has 0 bridgehead atoms. The molecule has 7 heteroatoms. The zero-order valence-corrected chi connectivity index (χ0v) is 15.7. The van der Waals surface area contributed by atoms with E-state index in [1.54, 1.807) is 18.0 Å². The molecule has 3 aromatic rings. The van der Waals surface area contributed by atoms with Gasteiger partial charge in [0.1, 0.15) is 11.5 Å². The van der Waals surface area contributed by atoms with Gasteiger partial charge in [-0.25, -0.2) is 14.6 Å². The third kappa shape index (κ3) is 3.66. The minimum absolute atomic E-state index is 0.585. The van der Waals surface area contributed by atoms with Crippen molar-refractivity contribution in [2.45, 2.75) is 33.2 Å². The van der Waals surface area contributed by atoms with E-state index in [4.69, 9.17) is 4.74 Å². The first kappa shape index (κ1) is 17.8. The maximum Gasteiger partial charge on any atom is 0.216 e. The molecule has 0 unspecified atom stereocenters. The molecule has 0 atom stereocenters. The molecule has 0 spiro atoms. The Bertz CT molecular complexity index is 875. The number of hydrogen-bond acceptors (Lipinski definition) is 6. The summed E-state index contributed by atoms with van der Waals surface area (Å²) in [5.74, 6) is 2.16. The van der Waals surface area contributed by atoms with E-state index in [1.165, 1.54) is 0 Å². The molecular weight excluding hydrogens is 328 g/mol. The molecule has 0 saturated carbocycles. The van der Waals surface area contributed by atoms with Crippen molar-refractivity contribution < 1.29 is 4.74 Å². The van der Waals surface area contributed by atoms with Crippen LogP contribution in [0.5, 0.6) is 5.88 Å². The third-order valence-corrected chi connectivity index (χ3v) is 4.18. The highest BCUT2D eigenvalue weighted by molar-refractivity contribution is 5.53. The number of hydrogen-bond donors (Lipinski definition) is 1. The number of nitrogens with zero attached hydrogens (tertiary/aromatic N) is 5. The fourth-order valence-corrected chi connectivity index (χ4v) is 2.88. The van der Waals surface area contributed by atoms with Crippen molar-refractivity contribution >= 4 is 5.82 Å². The Balaban J connectivity index is 1.89. The van der Waals surface area contributed by atoms with Gasteiger partial charge in [0.15, 0.2) is 5.82 Å². The highest BCUT2D eigenvalue weighted by Crippen LogP contribution is 2.24. The van der Waals surface area contributed by atoms with Gasteiger partial charge < -0.3 is 10.1 Å². The molecule has 0 fully saturated rings. The molecule has 0 radical (unpaired) electrons. The molecule has 0 aliphatic heterocycles. The fraction of sp³-hybridized carbons (Fsp3) is 0.368. The summed E-state index contributed by atoms with van der Waals surface area (Å²) in [4.78, 5) is 13.6. The van der Waals surface area contributed by atoms with Gasteiger partial charge in [-0.15, -0.1) is 0 Å². The normalized spacial score (nSPS) is 10.8. The quantitative estimate of drug-likeness (QED) is 0.704. The molecule has 0 amide bonds. The Morgan fingerprint density at radius 3 is 2.65 bits per heavy atom. The van der Waals surface area contributed by atoms with Gasteiger partial charge >= 0.3 is 0 Å². The van der Waals surface area contributed by atoms with E-state index in [0.29, 0.717) is 12.4 Å². The number of rotatable bonds is 7. The minimum Gasteiger partial charge on any atom is -0.481 e. The number of aromatic nitrogens is 5. The van der Waals surface area contributed by atoms with Crippen molar-refractivity contribution in [2.75, 3.05) is 12.4 Å². The first-order valence-corrected chi connectivity index (χ1v) is 8.78. The summed E-state index contributed by atoms with van der Waals surface area (Å²) in [6.07, 6.45) is 3.42. The average molecular weight is 352 g/mol. The summed E-state index contributed by atoms with van der Waals surface area (Å²) >= 11 is 0. The maximum absolute atomic E-state index is 5.50. The smallest absolute Gasteiger partial charge is 0.216 e. The number of aryl methyl sites for hydroxylation is 3. The van der Waals surface area contributed by atoms with Crippen molar-refractivity contribution in [1.29, 1.82) is 0 Å². The molecule has 0 aliphatic carbocycles.